The Morgan fingerprint density at radius 2 is 2.00 bits per heavy atom. The fraction of sp³-hybridized carbons (Fsp3) is 0.682. The number of carbonyl (C=O) groups excluding carboxylic acids is 1. The maximum atomic E-state index is 12.6. The van der Waals surface area contributed by atoms with Gasteiger partial charge >= 0.3 is 5.97 Å². The summed E-state index contributed by atoms with van der Waals surface area (Å²) in [6.45, 7) is 6.68. The number of hydrogen-bond donors (Lipinski definition) is 0. The number of ether oxygens (including phenoxy) is 2. The lowest BCUT2D eigenvalue weighted by Gasteiger charge is -2.54. The van der Waals surface area contributed by atoms with Crippen LogP contribution in [-0.2, 0) is 27.8 Å². The Morgan fingerprint density at radius 1 is 1.24 bits per heavy atom. The zero-order chi connectivity index (χ0) is 18.2. The topological polar surface area (TPSA) is 35.5 Å². The molecule has 0 unspecified atom stereocenters. The number of esters is 1. The van der Waals surface area contributed by atoms with Crippen molar-refractivity contribution in [3.63, 3.8) is 0 Å². The fourth-order valence-electron chi connectivity index (χ4n) is 5.68. The van der Waals surface area contributed by atoms with E-state index in [1.54, 1.807) is 7.11 Å². The van der Waals surface area contributed by atoms with Crippen molar-refractivity contribution in [1.82, 2.24) is 0 Å². The molecular formula is C22H32O3. The van der Waals surface area contributed by atoms with Crippen molar-refractivity contribution < 1.29 is 14.3 Å². The van der Waals surface area contributed by atoms with Gasteiger partial charge in [0, 0.05) is 0 Å². The highest BCUT2D eigenvalue weighted by Crippen LogP contribution is 2.58. The minimum atomic E-state index is -0.380. The van der Waals surface area contributed by atoms with E-state index in [9.17, 15) is 4.79 Å². The third-order valence-corrected chi connectivity index (χ3v) is 6.93. The Balaban J connectivity index is 2.09. The van der Waals surface area contributed by atoms with Gasteiger partial charge in [-0.2, -0.15) is 0 Å². The van der Waals surface area contributed by atoms with Gasteiger partial charge in [-0.1, -0.05) is 32.8 Å². The predicted octanol–water partition coefficient (Wildman–Crippen LogP) is 4.83. The van der Waals surface area contributed by atoms with Gasteiger partial charge in [-0.05, 0) is 73.1 Å². The van der Waals surface area contributed by atoms with Gasteiger partial charge in [0.2, 0.25) is 0 Å². The lowest BCUT2D eigenvalue weighted by Crippen LogP contribution is -2.52. The Hall–Kier alpha value is -1.51. The Labute approximate surface area is 152 Å². The van der Waals surface area contributed by atoms with Crippen molar-refractivity contribution in [2.45, 2.75) is 71.1 Å². The molecule has 1 fully saturated rings. The number of benzene rings is 1. The Morgan fingerprint density at radius 3 is 2.64 bits per heavy atom. The standard InChI is InChI=1S/C22H32O3/c1-6-8-16-13-15-9-10-19-21(2,17(15)14-18(16)24-4)11-7-12-22(19,3)20(23)25-5/h13-14,19H,6-12H2,1-5H3/t19-,21+,22-/m0/s1. The molecule has 0 saturated heterocycles. The first kappa shape index (κ1) is 18.3. The van der Waals surface area contributed by atoms with E-state index in [4.69, 9.17) is 9.47 Å². The molecule has 3 rings (SSSR count). The van der Waals surface area contributed by atoms with E-state index in [2.05, 4.69) is 32.9 Å². The highest BCUT2D eigenvalue weighted by atomic mass is 16.5. The largest absolute Gasteiger partial charge is 0.496 e. The highest BCUT2D eigenvalue weighted by molar-refractivity contribution is 5.77. The summed E-state index contributed by atoms with van der Waals surface area (Å²) in [5, 5.41) is 0. The summed E-state index contributed by atoms with van der Waals surface area (Å²) in [4.78, 5) is 12.6. The summed E-state index contributed by atoms with van der Waals surface area (Å²) in [5.74, 6) is 1.30. The van der Waals surface area contributed by atoms with Gasteiger partial charge in [0.15, 0.2) is 0 Å². The van der Waals surface area contributed by atoms with E-state index in [0.29, 0.717) is 5.92 Å². The van der Waals surface area contributed by atoms with E-state index in [1.807, 2.05) is 0 Å². The van der Waals surface area contributed by atoms with E-state index in [0.717, 1.165) is 50.7 Å². The molecule has 0 heterocycles. The molecule has 2 aliphatic carbocycles. The summed E-state index contributed by atoms with van der Waals surface area (Å²) in [6, 6.07) is 4.64. The van der Waals surface area contributed by atoms with Gasteiger partial charge in [-0.25, -0.2) is 0 Å². The van der Waals surface area contributed by atoms with E-state index >= 15 is 0 Å². The van der Waals surface area contributed by atoms with Crippen LogP contribution in [0.4, 0.5) is 0 Å². The lowest BCUT2D eigenvalue weighted by molar-refractivity contribution is -0.161. The van der Waals surface area contributed by atoms with Crippen molar-refractivity contribution in [2.24, 2.45) is 11.3 Å². The van der Waals surface area contributed by atoms with E-state index in [-0.39, 0.29) is 16.8 Å². The van der Waals surface area contributed by atoms with E-state index in [1.165, 1.54) is 23.8 Å². The van der Waals surface area contributed by atoms with Crippen LogP contribution in [0.15, 0.2) is 12.1 Å². The molecule has 0 aromatic heterocycles. The molecule has 2 aliphatic rings. The molecule has 0 aliphatic heterocycles. The molecule has 0 bridgehead atoms. The molecule has 1 saturated carbocycles. The molecular weight excluding hydrogens is 312 g/mol. The number of aryl methyl sites for hydroxylation is 2. The van der Waals surface area contributed by atoms with Crippen molar-refractivity contribution in [3.8, 4) is 5.75 Å². The normalized spacial score (nSPS) is 31.0. The monoisotopic (exact) mass is 344 g/mol. The smallest absolute Gasteiger partial charge is 0.311 e. The third kappa shape index (κ3) is 2.76. The molecule has 0 spiro atoms. The van der Waals surface area contributed by atoms with Gasteiger partial charge in [-0.15, -0.1) is 0 Å². The van der Waals surface area contributed by atoms with Crippen molar-refractivity contribution in [1.29, 1.82) is 0 Å². The van der Waals surface area contributed by atoms with Crippen molar-refractivity contribution in [2.75, 3.05) is 14.2 Å². The van der Waals surface area contributed by atoms with E-state index < -0.39 is 0 Å². The van der Waals surface area contributed by atoms with Crippen molar-refractivity contribution in [3.05, 3.63) is 28.8 Å². The first-order valence-electron chi connectivity index (χ1n) is 9.69. The maximum Gasteiger partial charge on any atom is 0.311 e. The van der Waals surface area contributed by atoms with Gasteiger partial charge in [-0.3, -0.25) is 4.79 Å². The third-order valence-electron chi connectivity index (χ3n) is 6.93. The average molecular weight is 344 g/mol. The minimum absolute atomic E-state index is 0.0206. The first-order chi connectivity index (χ1) is 11.9. The molecule has 0 N–H and O–H groups in total. The summed E-state index contributed by atoms with van der Waals surface area (Å²) in [7, 11) is 3.29. The Kier molecular flexibility index (Phi) is 4.87. The van der Waals surface area contributed by atoms with Crippen LogP contribution in [0.5, 0.6) is 5.75 Å². The van der Waals surface area contributed by atoms with Gasteiger partial charge in [0.05, 0.1) is 19.6 Å². The second kappa shape index (κ2) is 6.66. The number of hydrogen-bond acceptors (Lipinski definition) is 3. The molecule has 3 heteroatoms. The zero-order valence-corrected chi connectivity index (χ0v) is 16.4. The van der Waals surface area contributed by atoms with Gasteiger partial charge in [0.25, 0.3) is 0 Å². The van der Waals surface area contributed by atoms with Crippen LogP contribution in [-0.4, -0.2) is 20.2 Å². The fourth-order valence-corrected chi connectivity index (χ4v) is 5.68. The van der Waals surface area contributed by atoms with Crippen LogP contribution in [0, 0.1) is 11.3 Å². The summed E-state index contributed by atoms with van der Waals surface area (Å²) in [6.07, 6.45) is 7.41. The number of carbonyl (C=O) groups is 1. The molecule has 25 heavy (non-hydrogen) atoms. The second-order valence-corrected chi connectivity index (χ2v) is 8.34. The van der Waals surface area contributed by atoms with Gasteiger partial charge < -0.3 is 9.47 Å². The summed E-state index contributed by atoms with van der Waals surface area (Å²) in [5.41, 5.74) is 3.81. The molecule has 138 valence electrons. The zero-order valence-electron chi connectivity index (χ0n) is 16.4. The van der Waals surface area contributed by atoms with Gasteiger partial charge in [0.1, 0.15) is 5.75 Å². The highest BCUT2D eigenvalue weighted by Gasteiger charge is 2.55. The number of methoxy groups -OCH3 is 2. The molecule has 1 aromatic carbocycles. The lowest BCUT2D eigenvalue weighted by atomic mass is 9.49. The minimum Gasteiger partial charge on any atom is -0.496 e. The van der Waals surface area contributed by atoms with Crippen LogP contribution in [0.1, 0.15) is 69.6 Å². The number of rotatable bonds is 4. The molecule has 0 radical (unpaired) electrons. The first-order valence-corrected chi connectivity index (χ1v) is 9.69. The van der Waals surface area contributed by atoms with Crippen molar-refractivity contribution >= 4 is 5.97 Å². The van der Waals surface area contributed by atoms with Crippen LogP contribution < -0.4 is 4.74 Å². The predicted molar refractivity (Wildman–Crippen MR) is 100 cm³/mol. The maximum absolute atomic E-state index is 12.6. The van der Waals surface area contributed by atoms with Crippen LogP contribution in [0.25, 0.3) is 0 Å². The number of fused-ring (bicyclic) bond motifs is 3. The molecule has 3 atom stereocenters. The average Bonchev–Trinajstić information content (AvgIpc) is 2.60. The molecule has 1 aromatic rings. The summed E-state index contributed by atoms with van der Waals surface area (Å²) >= 11 is 0. The summed E-state index contributed by atoms with van der Waals surface area (Å²) < 4.78 is 10.9. The van der Waals surface area contributed by atoms with Crippen LogP contribution >= 0.6 is 0 Å². The quantitative estimate of drug-likeness (QED) is 0.734. The molecule has 0 amide bonds. The second-order valence-electron chi connectivity index (χ2n) is 8.34. The van der Waals surface area contributed by atoms with Crippen LogP contribution in [0.3, 0.4) is 0 Å². The molecule has 3 nitrogen and oxygen atoms in total. The SMILES string of the molecule is CCCc1cc2c(cc1OC)[C@@]1(C)CCC[C@](C)(C(=O)OC)[C@H]1CC2. The van der Waals surface area contributed by atoms with Crippen LogP contribution in [0.2, 0.25) is 0 Å². The Bertz CT molecular complexity index is 665.